The first-order chi connectivity index (χ1) is 22.5. The molecule has 3 aromatic heterocycles. The van der Waals surface area contributed by atoms with Gasteiger partial charge in [-0.05, 0) is 67.9 Å². The van der Waals surface area contributed by atoms with E-state index < -0.39 is 0 Å². The third kappa shape index (κ3) is 7.39. The van der Waals surface area contributed by atoms with Crippen molar-refractivity contribution in [3.8, 4) is 23.5 Å². The molecule has 2 aliphatic rings. The van der Waals surface area contributed by atoms with Gasteiger partial charge in [-0.15, -0.1) is 6.42 Å². The van der Waals surface area contributed by atoms with Crippen LogP contribution in [0.4, 0.5) is 0 Å². The Kier molecular flexibility index (Phi) is 10.2. The maximum atomic E-state index is 13.8. The minimum atomic E-state index is -0.303. The number of benzene rings is 1. The first-order valence-electron chi connectivity index (χ1n) is 17.1. The van der Waals surface area contributed by atoms with Gasteiger partial charge in [-0.1, -0.05) is 68.5 Å². The van der Waals surface area contributed by atoms with Crippen molar-refractivity contribution in [3.63, 3.8) is 0 Å². The van der Waals surface area contributed by atoms with Gasteiger partial charge in [-0.2, -0.15) is 5.10 Å². The molecule has 46 heavy (non-hydrogen) atoms. The normalized spacial score (nSPS) is 22.1. The zero-order chi connectivity index (χ0) is 31.9. The van der Waals surface area contributed by atoms with E-state index in [-0.39, 0.29) is 17.7 Å². The molecule has 0 radical (unpaired) electrons. The van der Waals surface area contributed by atoms with Crippen molar-refractivity contribution in [1.29, 1.82) is 0 Å². The quantitative estimate of drug-likeness (QED) is 0.188. The van der Waals surface area contributed by atoms with E-state index in [9.17, 15) is 4.79 Å². The first-order valence-corrected chi connectivity index (χ1v) is 17.1. The van der Waals surface area contributed by atoms with E-state index in [0.29, 0.717) is 24.3 Å². The lowest BCUT2D eigenvalue weighted by Gasteiger charge is -2.33. The van der Waals surface area contributed by atoms with Crippen LogP contribution >= 0.6 is 0 Å². The van der Waals surface area contributed by atoms with E-state index in [2.05, 4.69) is 29.3 Å². The van der Waals surface area contributed by atoms with E-state index in [1.54, 1.807) is 4.68 Å². The SMILES string of the molecule is C#Cc1cnc(C[C@H]2CC[C@H](C(C(=O)NCc3ccccc3)c3ccc(-c4cnn(C)c4)cn3)CC2)nc1C1CCCCC1CC. The Morgan fingerprint density at radius 2 is 1.78 bits per heavy atom. The van der Waals surface area contributed by atoms with Gasteiger partial charge in [0, 0.05) is 55.6 Å². The number of aryl methyl sites for hydroxylation is 1. The van der Waals surface area contributed by atoms with Crippen LogP contribution < -0.4 is 5.32 Å². The molecule has 1 aromatic carbocycles. The zero-order valence-electron chi connectivity index (χ0n) is 27.2. The number of aromatic nitrogens is 5. The molecule has 2 fully saturated rings. The van der Waals surface area contributed by atoms with Gasteiger partial charge in [0.1, 0.15) is 5.82 Å². The lowest BCUT2D eigenvalue weighted by atomic mass is 9.73. The molecule has 2 aliphatic carbocycles. The van der Waals surface area contributed by atoms with Crippen LogP contribution in [0, 0.1) is 30.1 Å². The van der Waals surface area contributed by atoms with Crippen LogP contribution in [0.3, 0.4) is 0 Å². The summed E-state index contributed by atoms with van der Waals surface area (Å²) in [6, 6.07) is 14.2. The molecular formula is C39H46N6O. The summed E-state index contributed by atoms with van der Waals surface area (Å²) in [6.45, 7) is 2.80. The Morgan fingerprint density at radius 1 is 0.978 bits per heavy atom. The number of terminal acetylenes is 1. The number of pyridine rings is 1. The Hall–Kier alpha value is -4.31. The Balaban J connectivity index is 1.15. The van der Waals surface area contributed by atoms with E-state index in [1.807, 2.05) is 68.2 Å². The highest BCUT2D eigenvalue weighted by Crippen LogP contribution is 2.41. The molecular weight excluding hydrogens is 568 g/mol. The Morgan fingerprint density at radius 3 is 2.48 bits per heavy atom. The van der Waals surface area contributed by atoms with Crippen molar-refractivity contribution in [2.75, 3.05) is 0 Å². The summed E-state index contributed by atoms with van der Waals surface area (Å²) in [5.74, 6) is 5.33. The molecule has 238 valence electrons. The molecule has 1 N–H and O–H groups in total. The largest absolute Gasteiger partial charge is 0.351 e. The van der Waals surface area contributed by atoms with Crippen molar-refractivity contribution in [3.05, 3.63) is 95.6 Å². The van der Waals surface area contributed by atoms with Gasteiger partial charge in [-0.25, -0.2) is 9.97 Å². The number of carbonyl (C=O) groups is 1. The van der Waals surface area contributed by atoms with Crippen LogP contribution in [0.15, 0.2) is 67.3 Å². The van der Waals surface area contributed by atoms with Crippen molar-refractivity contribution in [1.82, 2.24) is 30.0 Å². The summed E-state index contributed by atoms with van der Waals surface area (Å²) < 4.78 is 1.79. The molecule has 7 heteroatoms. The zero-order valence-corrected chi connectivity index (χ0v) is 27.2. The number of hydrogen-bond donors (Lipinski definition) is 1. The molecule has 0 spiro atoms. The number of rotatable bonds is 10. The topological polar surface area (TPSA) is 85.6 Å². The standard InChI is InChI=1S/C39H46N6O/c1-4-29-13-9-10-14-34(29)38-30(5-2)23-41-36(44-38)21-27-15-17-31(18-16-27)37(39(46)42-22-28-11-7-6-8-12-28)35-20-19-32(24-40-35)33-25-43-45(3)26-33/h2,6-8,11-12,19-20,23-27,29,31,34,37H,4,9-10,13-18,21-22H2,1,3H3,(H,42,46)/t27-,29?,31-,34?,37?. The van der Waals surface area contributed by atoms with Gasteiger partial charge in [0.05, 0.1) is 29.1 Å². The molecule has 1 amide bonds. The molecule has 7 nitrogen and oxygen atoms in total. The van der Waals surface area contributed by atoms with Crippen LogP contribution in [-0.4, -0.2) is 30.6 Å². The minimum Gasteiger partial charge on any atom is -0.351 e. The van der Waals surface area contributed by atoms with Crippen molar-refractivity contribution < 1.29 is 4.79 Å². The van der Waals surface area contributed by atoms with Crippen molar-refractivity contribution in [2.45, 2.75) is 89.5 Å². The predicted molar refractivity (Wildman–Crippen MR) is 182 cm³/mol. The van der Waals surface area contributed by atoms with Gasteiger partial charge in [0.2, 0.25) is 5.91 Å². The summed E-state index contributed by atoms with van der Waals surface area (Å²) >= 11 is 0. The summed E-state index contributed by atoms with van der Waals surface area (Å²) in [7, 11) is 1.91. The molecule has 4 aromatic rings. The van der Waals surface area contributed by atoms with Gasteiger partial charge in [0.15, 0.2) is 0 Å². The van der Waals surface area contributed by atoms with E-state index in [4.69, 9.17) is 21.4 Å². The highest BCUT2D eigenvalue weighted by atomic mass is 16.1. The average Bonchev–Trinajstić information content (AvgIpc) is 3.55. The highest BCUT2D eigenvalue weighted by Gasteiger charge is 2.35. The van der Waals surface area contributed by atoms with E-state index in [0.717, 1.165) is 71.6 Å². The van der Waals surface area contributed by atoms with E-state index >= 15 is 0 Å². The minimum absolute atomic E-state index is 0.0461. The second-order valence-corrected chi connectivity index (χ2v) is 13.3. The lowest BCUT2D eigenvalue weighted by molar-refractivity contribution is -0.124. The molecule has 2 saturated carbocycles. The Bertz CT molecular complexity index is 1630. The first kappa shape index (κ1) is 31.7. The molecule has 3 heterocycles. The fraction of sp³-hybridized carbons (Fsp3) is 0.462. The average molecular weight is 615 g/mol. The third-order valence-corrected chi connectivity index (χ3v) is 10.4. The lowest BCUT2D eigenvalue weighted by Crippen LogP contribution is -2.35. The second kappa shape index (κ2) is 14.9. The summed E-state index contributed by atoms with van der Waals surface area (Å²) in [4.78, 5) is 28.6. The fourth-order valence-corrected chi connectivity index (χ4v) is 7.78. The van der Waals surface area contributed by atoms with Crippen molar-refractivity contribution >= 4 is 5.91 Å². The fourth-order valence-electron chi connectivity index (χ4n) is 7.78. The third-order valence-electron chi connectivity index (χ3n) is 10.4. The van der Waals surface area contributed by atoms with Gasteiger partial charge < -0.3 is 5.32 Å². The smallest absolute Gasteiger partial charge is 0.229 e. The number of hydrogen-bond acceptors (Lipinski definition) is 5. The van der Waals surface area contributed by atoms with E-state index in [1.165, 1.54) is 32.1 Å². The summed E-state index contributed by atoms with van der Waals surface area (Å²) in [5, 5.41) is 7.52. The van der Waals surface area contributed by atoms with Crippen molar-refractivity contribution in [2.24, 2.45) is 24.8 Å². The second-order valence-electron chi connectivity index (χ2n) is 13.3. The van der Waals surface area contributed by atoms with Crippen LogP contribution in [0.1, 0.15) is 105 Å². The summed E-state index contributed by atoms with van der Waals surface area (Å²) in [5.41, 5.74) is 5.90. The Labute approximate surface area is 273 Å². The van der Waals surface area contributed by atoms with Gasteiger partial charge >= 0.3 is 0 Å². The van der Waals surface area contributed by atoms with Crippen LogP contribution in [-0.2, 0) is 24.8 Å². The molecule has 3 unspecified atom stereocenters. The molecule has 0 aliphatic heterocycles. The molecule has 0 saturated heterocycles. The van der Waals surface area contributed by atoms with Gasteiger partial charge in [0.25, 0.3) is 0 Å². The molecule has 6 rings (SSSR count). The van der Waals surface area contributed by atoms with Crippen LogP contribution in [0.2, 0.25) is 0 Å². The predicted octanol–water partition coefficient (Wildman–Crippen LogP) is 7.39. The number of carbonyl (C=O) groups excluding carboxylic acids is 1. The van der Waals surface area contributed by atoms with Gasteiger partial charge in [-0.3, -0.25) is 14.5 Å². The molecule has 0 bridgehead atoms. The van der Waals surface area contributed by atoms with Crippen LogP contribution in [0.5, 0.6) is 0 Å². The maximum absolute atomic E-state index is 13.8. The monoisotopic (exact) mass is 614 g/mol. The number of amides is 1. The highest BCUT2D eigenvalue weighted by molar-refractivity contribution is 5.83. The number of nitrogens with one attached hydrogen (secondary N) is 1. The summed E-state index contributed by atoms with van der Waals surface area (Å²) in [6.07, 6.45) is 24.5. The van der Waals surface area contributed by atoms with Crippen LogP contribution in [0.25, 0.3) is 11.1 Å². The number of nitrogens with zero attached hydrogens (tertiary/aromatic N) is 5. The molecule has 3 atom stereocenters. The maximum Gasteiger partial charge on any atom is 0.229 e.